The van der Waals surface area contributed by atoms with Gasteiger partial charge in [0.2, 0.25) is 10.0 Å². The molecule has 0 N–H and O–H groups in total. The molecular weight excluding hydrogens is 352 g/mol. The number of hydrogen-bond acceptors (Lipinski definition) is 4. The Hall–Kier alpha value is -1.81. The first-order chi connectivity index (χ1) is 11.6. The van der Waals surface area contributed by atoms with Crippen LogP contribution in [0.1, 0.15) is 36.1 Å². The zero-order chi connectivity index (χ0) is 18.9. The minimum atomic E-state index is -3.89. The third-order valence-electron chi connectivity index (χ3n) is 4.38. The number of likely N-dealkylation sites (N-methyl/N-ethyl adjacent to an activating group) is 1. The number of aryl methyl sites for hydroxylation is 2. The van der Waals surface area contributed by atoms with Gasteiger partial charge in [0.1, 0.15) is 4.90 Å². The van der Waals surface area contributed by atoms with Crippen LogP contribution in [0.25, 0.3) is 0 Å². The van der Waals surface area contributed by atoms with Gasteiger partial charge < -0.3 is 0 Å². The summed E-state index contributed by atoms with van der Waals surface area (Å²) in [4.78, 5) is -0.201. The van der Waals surface area contributed by atoms with Crippen LogP contribution in [0, 0.1) is 20.8 Å². The molecule has 0 saturated heterocycles. The molecule has 0 aliphatic carbocycles. The number of nitrogens with zero attached hydrogens (tertiary/aromatic N) is 5. The molecule has 2 heterocycles. The molecular formula is C15H23F2N5O2S. The van der Waals surface area contributed by atoms with Crippen molar-refractivity contribution in [3.63, 3.8) is 0 Å². The SMILES string of the molecule is CCn1nc(C)c(CCN(C)S(=O)(=O)c2cnn(C(F)F)c2C)c1C. The van der Waals surface area contributed by atoms with E-state index in [1.165, 1.54) is 14.0 Å². The van der Waals surface area contributed by atoms with Crippen molar-refractivity contribution in [3.05, 3.63) is 28.8 Å². The molecule has 0 aliphatic rings. The summed E-state index contributed by atoms with van der Waals surface area (Å²) in [6, 6.07) is 0. The van der Waals surface area contributed by atoms with Gasteiger partial charge in [0.25, 0.3) is 0 Å². The van der Waals surface area contributed by atoms with Crippen LogP contribution in [0.5, 0.6) is 0 Å². The molecule has 7 nitrogen and oxygen atoms in total. The van der Waals surface area contributed by atoms with Crippen molar-refractivity contribution in [1.29, 1.82) is 0 Å². The fraction of sp³-hybridized carbons (Fsp3) is 0.600. The number of hydrogen-bond donors (Lipinski definition) is 0. The van der Waals surface area contributed by atoms with E-state index < -0.39 is 16.6 Å². The van der Waals surface area contributed by atoms with Crippen LogP contribution >= 0.6 is 0 Å². The summed E-state index contributed by atoms with van der Waals surface area (Å²) in [5.74, 6) is 0. The zero-order valence-corrected chi connectivity index (χ0v) is 15.8. The van der Waals surface area contributed by atoms with Gasteiger partial charge in [-0.05, 0) is 39.7 Å². The van der Waals surface area contributed by atoms with Crippen LogP contribution in [-0.4, -0.2) is 45.9 Å². The summed E-state index contributed by atoms with van der Waals surface area (Å²) in [5.41, 5.74) is 2.80. The molecule has 0 spiro atoms. The Morgan fingerprint density at radius 3 is 2.36 bits per heavy atom. The lowest BCUT2D eigenvalue weighted by Gasteiger charge is -2.17. The van der Waals surface area contributed by atoms with Crippen molar-refractivity contribution >= 4 is 10.0 Å². The van der Waals surface area contributed by atoms with Crippen molar-refractivity contribution in [3.8, 4) is 0 Å². The molecule has 140 valence electrons. The van der Waals surface area contributed by atoms with Gasteiger partial charge in [0.05, 0.1) is 17.6 Å². The quantitative estimate of drug-likeness (QED) is 0.744. The minimum Gasteiger partial charge on any atom is -0.270 e. The average Bonchev–Trinajstić information content (AvgIpc) is 3.05. The summed E-state index contributed by atoms with van der Waals surface area (Å²) in [6.07, 6.45) is 1.47. The van der Waals surface area contributed by atoms with E-state index in [9.17, 15) is 17.2 Å². The van der Waals surface area contributed by atoms with E-state index in [0.29, 0.717) is 11.1 Å². The van der Waals surface area contributed by atoms with Gasteiger partial charge in [-0.3, -0.25) is 4.68 Å². The lowest BCUT2D eigenvalue weighted by atomic mass is 10.1. The van der Waals surface area contributed by atoms with Gasteiger partial charge in [-0.15, -0.1) is 0 Å². The second kappa shape index (κ2) is 7.20. The fourth-order valence-electron chi connectivity index (χ4n) is 2.82. The van der Waals surface area contributed by atoms with Crippen LogP contribution in [0.2, 0.25) is 0 Å². The van der Waals surface area contributed by atoms with Gasteiger partial charge in [-0.1, -0.05) is 0 Å². The van der Waals surface area contributed by atoms with Crippen molar-refractivity contribution in [2.24, 2.45) is 0 Å². The second-order valence-electron chi connectivity index (χ2n) is 5.86. The van der Waals surface area contributed by atoms with E-state index >= 15 is 0 Å². The third-order valence-corrected chi connectivity index (χ3v) is 6.34. The highest BCUT2D eigenvalue weighted by atomic mass is 32.2. The van der Waals surface area contributed by atoms with Crippen molar-refractivity contribution in [1.82, 2.24) is 23.9 Å². The van der Waals surface area contributed by atoms with Gasteiger partial charge in [0.15, 0.2) is 0 Å². The number of alkyl halides is 2. The van der Waals surface area contributed by atoms with E-state index in [1.54, 1.807) is 0 Å². The van der Waals surface area contributed by atoms with Crippen LogP contribution < -0.4 is 0 Å². The molecule has 2 aromatic rings. The van der Waals surface area contributed by atoms with E-state index in [4.69, 9.17) is 0 Å². The molecule has 0 aromatic carbocycles. The monoisotopic (exact) mass is 375 g/mol. The van der Waals surface area contributed by atoms with Crippen LogP contribution in [0.4, 0.5) is 8.78 Å². The normalized spacial score (nSPS) is 12.5. The van der Waals surface area contributed by atoms with E-state index in [-0.39, 0.29) is 17.1 Å². The largest absolute Gasteiger partial charge is 0.333 e. The van der Waals surface area contributed by atoms with Gasteiger partial charge in [-0.2, -0.15) is 19.0 Å². The number of rotatable bonds is 7. The maximum absolute atomic E-state index is 12.8. The topological polar surface area (TPSA) is 73.0 Å². The molecule has 0 radical (unpaired) electrons. The smallest absolute Gasteiger partial charge is 0.270 e. The molecule has 2 rings (SSSR count). The molecule has 10 heteroatoms. The zero-order valence-electron chi connectivity index (χ0n) is 15.0. The minimum absolute atomic E-state index is 0.0759. The Labute approximate surface area is 146 Å². The Morgan fingerprint density at radius 1 is 1.24 bits per heavy atom. The highest BCUT2D eigenvalue weighted by molar-refractivity contribution is 7.89. The predicted molar refractivity (Wildman–Crippen MR) is 89.1 cm³/mol. The van der Waals surface area contributed by atoms with Crippen LogP contribution in [0.3, 0.4) is 0 Å². The predicted octanol–water partition coefficient (Wildman–Crippen LogP) is 2.28. The summed E-state index contributed by atoms with van der Waals surface area (Å²) in [6.45, 7) is 5.23. The van der Waals surface area contributed by atoms with Gasteiger partial charge >= 0.3 is 6.55 Å². The van der Waals surface area contributed by atoms with E-state index in [2.05, 4.69) is 10.2 Å². The van der Waals surface area contributed by atoms with E-state index in [1.807, 2.05) is 25.5 Å². The van der Waals surface area contributed by atoms with Crippen molar-refractivity contribution in [2.45, 2.75) is 52.1 Å². The molecule has 0 bridgehead atoms. The number of aromatic nitrogens is 4. The standard InChI is InChI=1S/C15H23F2N5O2S/c1-6-21-11(3)13(10(2)19-21)7-8-20(5)25(23,24)14-9-18-22(12(14)4)15(16)17/h9,15H,6-8H2,1-5H3. The molecule has 25 heavy (non-hydrogen) atoms. The van der Waals surface area contributed by atoms with Crippen LogP contribution in [0.15, 0.2) is 11.1 Å². The molecule has 0 amide bonds. The van der Waals surface area contributed by atoms with Crippen molar-refractivity contribution < 1.29 is 17.2 Å². The molecule has 0 aliphatic heterocycles. The lowest BCUT2D eigenvalue weighted by molar-refractivity contribution is 0.0541. The average molecular weight is 375 g/mol. The van der Waals surface area contributed by atoms with E-state index in [0.717, 1.165) is 34.0 Å². The molecule has 0 atom stereocenters. The van der Waals surface area contributed by atoms with Crippen LogP contribution in [-0.2, 0) is 23.0 Å². The highest BCUT2D eigenvalue weighted by Crippen LogP contribution is 2.23. The maximum Gasteiger partial charge on any atom is 0.333 e. The van der Waals surface area contributed by atoms with Crippen molar-refractivity contribution in [2.75, 3.05) is 13.6 Å². The number of sulfonamides is 1. The second-order valence-corrected chi connectivity index (χ2v) is 7.87. The summed E-state index contributed by atoms with van der Waals surface area (Å²) < 4.78 is 54.3. The molecule has 2 aromatic heterocycles. The first kappa shape index (κ1) is 19.5. The summed E-state index contributed by atoms with van der Waals surface area (Å²) >= 11 is 0. The third kappa shape index (κ3) is 3.59. The van der Waals surface area contributed by atoms with Gasteiger partial charge in [-0.25, -0.2) is 17.4 Å². The molecule has 0 saturated carbocycles. The first-order valence-electron chi connectivity index (χ1n) is 7.92. The Bertz CT molecular complexity index is 858. The first-order valence-corrected chi connectivity index (χ1v) is 9.36. The van der Waals surface area contributed by atoms with Gasteiger partial charge in [0, 0.05) is 25.8 Å². The summed E-state index contributed by atoms with van der Waals surface area (Å²) in [7, 11) is -2.45. The highest BCUT2D eigenvalue weighted by Gasteiger charge is 2.27. The fourth-order valence-corrected chi connectivity index (χ4v) is 4.13. The Kier molecular flexibility index (Phi) is 5.62. The Morgan fingerprint density at radius 2 is 1.88 bits per heavy atom. The molecule has 0 fully saturated rings. The lowest BCUT2D eigenvalue weighted by Crippen LogP contribution is -2.29. The maximum atomic E-state index is 12.8. The Balaban J connectivity index is 2.20. The summed E-state index contributed by atoms with van der Waals surface area (Å²) in [5, 5.41) is 7.89. The molecule has 0 unspecified atom stereocenters. The number of halogens is 2.